The highest BCUT2D eigenvalue weighted by Gasteiger charge is 2.16. The van der Waals surface area contributed by atoms with Crippen molar-refractivity contribution in [1.29, 1.82) is 0 Å². The van der Waals surface area contributed by atoms with Gasteiger partial charge in [-0.3, -0.25) is 4.79 Å². The Kier molecular flexibility index (Phi) is 2.31. The van der Waals surface area contributed by atoms with Crippen molar-refractivity contribution in [2.75, 3.05) is 0 Å². The van der Waals surface area contributed by atoms with E-state index in [-0.39, 0.29) is 5.91 Å². The largest absolute Gasteiger partial charge is 0.274 e. The van der Waals surface area contributed by atoms with Crippen molar-refractivity contribution in [1.82, 2.24) is 5.43 Å². The molecule has 1 aromatic carbocycles. The summed E-state index contributed by atoms with van der Waals surface area (Å²) >= 11 is 0. The normalized spacial score (nSPS) is 16.8. The molecule has 0 saturated carbocycles. The summed E-state index contributed by atoms with van der Waals surface area (Å²) in [6.45, 7) is 1.46. The van der Waals surface area contributed by atoms with Crippen molar-refractivity contribution in [2.45, 2.75) is 19.8 Å². The molecule has 0 atom stereocenters. The Bertz CT molecular complexity index is 396. The third-order valence-electron chi connectivity index (χ3n) is 2.31. The highest BCUT2D eigenvalue weighted by atomic mass is 16.2. The molecule has 3 nitrogen and oxygen atoms in total. The highest BCUT2D eigenvalue weighted by Crippen LogP contribution is 2.21. The van der Waals surface area contributed by atoms with Gasteiger partial charge in [-0.05, 0) is 18.4 Å². The van der Waals surface area contributed by atoms with Crippen LogP contribution >= 0.6 is 0 Å². The molecule has 0 aliphatic heterocycles. The molecule has 1 N–H and O–H groups in total. The second kappa shape index (κ2) is 3.62. The summed E-state index contributed by atoms with van der Waals surface area (Å²) in [5.41, 5.74) is 5.94. The first-order valence-corrected chi connectivity index (χ1v) is 4.69. The maximum Gasteiger partial charge on any atom is 0.236 e. The van der Waals surface area contributed by atoms with Gasteiger partial charge in [0.2, 0.25) is 5.91 Å². The highest BCUT2D eigenvalue weighted by molar-refractivity contribution is 6.04. The quantitative estimate of drug-likeness (QED) is 0.666. The molecule has 0 unspecified atom stereocenters. The minimum Gasteiger partial charge on any atom is -0.274 e. The molecule has 0 heterocycles. The summed E-state index contributed by atoms with van der Waals surface area (Å²) in [7, 11) is 0. The first kappa shape index (κ1) is 8.94. The van der Waals surface area contributed by atoms with E-state index in [2.05, 4.69) is 16.6 Å². The zero-order chi connectivity index (χ0) is 9.97. The van der Waals surface area contributed by atoms with Gasteiger partial charge < -0.3 is 0 Å². The number of rotatable bonds is 1. The van der Waals surface area contributed by atoms with Crippen LogP contribution in [0.2, 0.25) is 0 Å². The number of amides is 1. The lowest BCUT2D eigenvalue weighted by molar-refractivity contribution is -0.118. The van der Waals surface area contributed by atoms with Crippen molar-refractivity contribution in [3.05, 3.63) is 35.4 Å². The number of hydrogen-bond acceptors (Lipinski definition) is 2. The van der Waals surface area contributed by atoms with E-state index in [1.165, 1.54) is 18.1 Å². The Morgan fingerprint density at radius 3 is 2.93 bits per heavy atom. The van der Waals surface area contributed by atoms with Gasteiger partial charge in [-0.2, -0.15) is 5.10 Å². The van der Waals surface area contributed by atoms with Crippen LogP contribution < -0.4 is 5.43 Å². The molecular weight excluding hydrogens is 176 g/mol. The van der Waals surface area contributed by atoms with Crippen molar-refractivity contribution in [3.63, 3.8) is 0 Å². The van der Waals surface area contributed by atoms with Gasteiger partial charge in [-0.15, -0.1) is 0 Å². The predicted octanol–water partition coefficient (Wildman–Crippen LogP) is 1.47. The standard InChI is InChI=1S/C11H12N2O/c1-8(14)12-13-11-7-6-9-4-2-3-5-10(9)11/h2-5H,6-7H2,1H3,(H,12,14). The number of fused-ring (bicyclic) bond motifs is 1. The predicted molar refractivity (Wildman–Crippen MR) is 55.1 cm³/mol. The Balaban J connectivity index is 2.26. The Morgan fingerprint density at radius 1 is 1.36 bits per heavy atom. The number of benzene rings is 1. The van der Waals surface area contributed by atoms with Crippen molar-refractivity contribution in [2.24, 2.45) is 5.10 Å². The topological polar surface area (TPSA) is 41.5 Å². The molecule has 72 valence electrons. The number of hydrazone groups is 1. The molecular formula is C11H12N2O. The number of carbonyl (C=O) groups is 1. The van der Waals surface area contributed by atoms with Crippen LogP contribution in [0.25, 0.3) is 0 Å². The third-order valence-corrected chi connectivity index (χ3v) is 2.31. The lowest BCUT2D eigenvalue weighted by Gasteiger charge is -1.99. The van der Waals surface area contributed by atoms with Crippen molar-refractivity contribution < 1.29 is 4.79 Å². The van der Waals surface area contributed by atoms with E-state index in [0.717, 1.165) is 18.6 Å². The molecule has 1 aromatic rings. The van der Waals surface area contributed by atoms with E-state index in [0.29, 0.717) is 0 Å². The zero-order valence-corrected chi connectivity index (χ0v) is 8.08. The number of nitrogens with zero attached hydrogens (tertiary/aromatic N) is 1. The maximum atomic E-state index is 10.7. The summed E-state index contributed by atoms with van der Waals surface area (Å²) < 4.78 is 0. The van der Waals surface area contributed by atoms with E-state index in [1.807, 2.05) is 18.2 Å². The van der Waals surface area contributed by atoms with E-state index >= 15 is 0 Å². The van der Waals surface area contributed by atoms with Gasteiger partial charge in [0.1, 0.15) is 0 Å². The molecule has 1 aliphatic carbocycles. The summed E-state index contributed by atoms with van der Waals surface area (Å²) in [4.78, 5) is 10.7. The third kappa shape index (κ3) is 1.66. The van der Waals surface area contributed by atoms with E-state index in [9.17, 15) is 4.79 Å². The minimum atomic E-state index is -0.123. The average molecular weight is 188 g/mol. The van der Waals surface area contributed by atoms with Crippen LogP contribution in [0.4, 0.5) is 0 Å². The fraction of sp³-hybridized carbons (Fsp3) is 0.273. The lowest BCUT2D eigenvalue weighted by atomic mass is 10.1. The average Bonchev–Trinajstić information content (AvgIpc) is 2.58. The number of hydrogen-bond donors (Lipinski definition) is 1. The fourth-order valence-electron chi connectivity index (χ4n) is 1.67. The Hall–Kier alpha value is -1.64. The smallest absolute Gasteiger partial charge is 0.236 e. The Morgan fingerprint density at radius 2 is 2.14 bits per heavy atom. The monoisotopic (exact) mass is 188 g/mol. The Labute approximate surface area is 82.8 Å². The molecule has 14 heavy (non-hydrogen) atoms. The first-order chi connectivity index (χ1) is 6.77. The van der Waals surface area contributed by atoms with E-state index < -0.39 is 0 Å². The molecule has 3 heteroatoms. The van der Waals surface area contributed by atoms with Gasteiger partial charge in [0.05, 0.1) is 5.71 Å². The lowest BCUT2D eigenvalue weighted by Crippen LogP contribution is -2.15. The molecule has 1 aliphatic rings. The molecule has 0 radical (unpaired) electrons. The van der Waals surface area contributed by atoms with Crippen LogP contribution in [-0.4, -0.2) is 11.6 Å². The van der Waals surface area contributed by atoms with Gasteiger partial charge >= 0.3 is 0 Å². The van der Waals surface area contributed by atoms with Crippen LogP contribution in [0.15, 0.2) is 29.4 Å². The molecule has 0 bridgehead atoms. The van der Waals surface area contributed by atoms with Crippen LogP contribution in [0.1, 0.15) is 24.5 Å². The van der Waals surface area contributed by atoms with E-state index in [1.54, 1.807) is 0 Å². The summed E-state index contributed by atoms with van der Waals surface area (Å²) in [5.74, 6) is -0.123. The van der Waals surface area contributed by atoms with Gasteiger partial charge in [-0.1, -0.05) is 24.3 Å². The molecule has 0 fully saturated rings. The van der Waals surface area contributed by atoms with Crippen LogP contribution in [0.5, 0.6) is 0 Å². The molecule has 2 rings (SSSR count). The van der Waals surface area contributed by atoms with Crippen LogP contribution in [0, 0.1) is 0 Å². The molecule has 0 aromatic heterocycles. The second-order valence-electron chi connectivity index (χ2n) is 3.38. The summed E-state index contributed by atoms with van der Waals surface area (Å²) in [6.07, 6.45) is 1.94. The fourth-order valence-corrected chi connectivity index (χ4v) is 1.67. The van der Waals surface area contributed by atoms with Crippen LogP contribution in [-0.2, 0) is 11.2 Å². The number of nitrogens with one attached hydrogen (secondary N) is 1. The van der Waals surface area contributed by atoms with Gasteiger partial charge in [0.15, 0.2) is 0 Å². The summed E-state index contributed by atoms with van der Waals surface area (Å²) in [5, 5.41) is 4.08. The first-order valence-electron chi connectivity index (χ1n) is 4.69. The van der Waals surface area contributed by atoms with Gasteiger partial charge in [0, 0.05) is 12.5 Å². The molecule has 0 saturated heterocycles. The minimum absolute atomic E-state index is 0.123. The van der Waals surface area contributed by atoms with Crippen molar-refractivity contribution in [3.8, 4) is 0 Å². The molecule has 0 spiro atoms. The van der Waals surface area contributed by atoms with Crippen molar-refractivity contribution >= 4 is 11.6 Å². The maximum absolute atomic E-state index is 10.7. The molecule has 1 amide bonds. The summed E-state index contributed by atoms with van der Waals surface area (Å²) in [6, 6.07) is 8.17. The number of carbonyl (C=O) groups excluding carboxylic acids is 1. The second-order valence-corrected chi connectivity index (χ2v) is 3.38. The zero-order valence-electron chi connectivity index (χ0n) is 8.08. The van der Waals surface area contributed by atoms with E-state index in [4.69, 9.17) is 0 Å². The SMILES string of the molecule is CC(=O)NN=C1CCc2ccccc21. The van der Waals surface area contributed by atoms with Gasteiger partial charge in [0.25, 0.3) is 0 Å². The van der Waals surface area contributed by atoms with Gasteiger partial charge in [-0.25, -0.2) is 5.43 Å². The van der Waals surface area contributed by atoms with Crippen LogP contribution in [0.3, 0.4) is 0 Å². The number of aryl methyl sites for hydroxylation is 1.